The molecular weight excluding hydrogens is 455 g/mol. The van der Waals surface area contributed by atoms with E-state index in [1.807, 2.05) is 13.8 Å². The van der Waals surface area contributed by atoms with Crippen molar-refractivity contribution in [2.24, 2.45) is 5.92 Å². The van der Waals surface area contributed by atoms with Gasteiger partial charge in [0.25, 0.3) is 0 Å². The molecule has 0 aliphatic heterocycles. The molecule has 2 aromatic rings. The Morgan fingerprint density at radius 2 is 0.971 bits per heavy atom. The normalized spacial score (nSPS) is 11.3. The molecule has 0 aliphatic rings. The Balaban J connectivity index is 2.78. The SMILES string of the molecule is CCOc1cccc(OCC)c1C(=O)P(=O)(CC(C)C)C(=O)c1c(OCC)cccc1OCC. The van der Waals surface area contributed by atoms with Crippen LogP contribution in [0.5, 0.6) is 23.0 Å². The van der Waals surface area contributed by atoms with E-state index in [2.05, 4.69) is 0 Å². The molecule has 0 saturated heterocycles. The van der Waals surface area contributed by atoms with Crippen LogP contribution in [-0.2, 0) is 4.57 Å². The lowest BCUT2D eigenvalue weighted by molar-refractivity contribution is 0.103. The molecule has 0 radical (unpaired) electrons. The highest BCUT2D eigenvalue weighted by Crippen LogP contribution is 2.57. The summed E-state index contributed by atoms with van der Waals surface area (Å²) in [5.41, 5.74) is -1.52. The van der Waals surface area contributed by atoms with E-state index in [1.54, 1.807) is 64.1 Å². The quantitative estimate of drug-likeness (QED) is 0.288. The number of ether oxygens (including phenoxy) is 4. The Hall–Kier alpha value is -2.79. The highest BCUT2D eigenvalue weighted by atomic mass is 31.2. The van der Waals surface area contributed by atoms with Crippen molar-refractivity contribution in [2.45, 2.75) is 41.5 Å². The van der Waals surface area contributed by atoms with Gasteiger partial charge in [-0.15, -0.1) is 0 Å². The molecule has 0 aromatic heterocycles. The van der Waals surface area contributed by atoms with Crippen molar-refractivity contribution in [3.63, 3.8) is 0 Å². The van der Waals surface area contributed by atoms with E-state index >= 15 is 0 Å². The van der Waals surface area contributed by atoms with Crippen LogP contribution >= 0.6 is 7.14 Å². The van der Waals surface area contributed by atoms with Gasteiger partial charge >= 0.3 is 0 Å². The summed E-state index contributed by atoms with van der Waals surface area (Å²) in [4.78, 5) is 28.0. The van der Waals surface area contributed by atoms with Crippen molar-refractivity contribution in [3.05, 3.63) is 47.5 Å². The summed E-state index contributed by atoms with van der Waals surface area (Å²) in [7, 11) is -4.20. The van der Waals surface area contributed by atoms with Gasteiger partial charge in [0.05, 0.1) is 26.4 Å². The second-order valence-corrected chi connectivity index (χ2v) is 10.6. The molecule has 0 atom stereocenters. The molecule has 0 fully saturated rings. The molecule has 0 spiro atoms. The summed E-state index contributed by atoms with van der Waals surface area (Å²) in [6, 6.07) is 9.85. The van der Waals surface area contributed by atoms with Crippen molar-refractivity contribution >= 4 is 18.2 Å². The molecule has 0 bridgehead atoms. The van der Waals surface area contributed by atoms with Crippen LogP contribution in [0.4, 0.5) is 0 Å². The Labute approximate surface area is 202 Å². The molecule has 0 heterocycles. The van der Waals surface area contributed by atoms with Crippen LogP contribution in [0.1, 0.15) is 62.3 Å². The van der Waals surface area contributed by atoms with Crippen LogP contribution in [0.3, 0.4) is 0 Å². The van der Waals surface area contributed by atoms with Gasteiger partial charge in [0.2, 0.25) is 18.2 Å². The average Bonchev–Trinajstić information content (AvgIpc) is 2.79. The number of carbonyl (C=O) groups excluding carboxylic acids is 2. The number of carbonyl (C=O) groups is 2. The summed E-state index contributed by atoms with van der Waals surface area (Å²) in [6.07, 6.45) is -0.108. The number of hydrogen-bond donors (Lipinski definition) is 0. The van der Waals surface area contributed by atoms with Crippen LogP contribution in [0, 0.1) is 5.92 Å². The van der Waals surface area contributed by atoms with E-state index in [-0.39, 0.29) is 46.2 Å². The first kappa shape index (κ1) is 27.5. The lowest BCUT2D eigenvalue weighted by Gasteiger charge is -2.23. The molecule has 0 amide bonds. The monoisotopic (exact) mass is 490 g/mol. The van der Waals surface area contributed by atoms with Crippen LogP contribution in [-0.4, -0.2) is 43.6 Å². The Morgan fingerprint density at radius 3 is 1.21 bits per heavy atom. The smallest absolute Gasteiger partial charge is 0.236 e. The Morgan fingerprint density at radius 1 is 0.676 bits per heavy atom. The van der Waals surface area contributed by atoms with E-state index < -0.39 is 18.2 Å². The third-order valence-electron chi connectivity index (χ3n) is 4.88. The Bertz CT molecular complexity index is 921. The van der Waals surface area contributed by atoms with E-state index in [0.717, 1.165) is 0 Å². The molecule has 0 saturated carbocycles. The molecule has 0 N–H and O–H groups in total. The zero-order valence-electron chi connectivity index (χ0n) is 20.9. The van der Waals surface area contributed by atoms with Crippen molar-refractivity contribution in [3.8, 4) is 23.0 Å². The second kappa shape index (κ2) is 12.6. The third kappa shape index (κ3) is 6.01. The first-order chi connectivity index (χ1) is 16.2. The third-order valence-corrected chi connectivity index (χ3v) is 7.89. The van der Waals surface area contributed by atoms with Gasteiger partial charge in [0.15, 0.2) is 0 Å². The fraction of sp³-hybridized carbons (Fsp3) is 0.462. The number of hydrogen-bond acceptors (Lipinski definition) is 7. The average molecular weight is 491 g/mol. The maximum absolute atomic E-state index is 14.5. The van der Waals surface area contributed by atoms with Crippen LogP contribution in [0.25, 0.3) is 0 Å². The minimum absolute atomic E-state index is 0.0235. The predicted molar refractivity (Wildman–Crippen MR) is 134 cm³/mol. The number of rotatable bonds is 14. The van der Waals surface area contributed by atoms with E-state index in [1.165, 1.54) is 0 Å². The fourth-order valence-corrected chi connectivity index (χ4v) is 6.39. The van der Waals surface area contributed by atoms with Crippen LogP contribution < -0.4 is 18.9 Å². The maximum Gasteiger partial charge on any atom is 0.236 e. The molecule has 186 valence electrons. The summed E-state index contributed by atoms with van der Waals surface area (Å²) in [5.74, 6) is 0.747. The summed E-state index contributed by atoms with van der Waals surface area (Å²) < 4.78 is 37.2. The van der Waals surface area contributed by atoms with Crippen molar-refractivity contribution < 1.29 is 33.1 Å². The molecule has 2 aromatic carbocycles. The molecule has 0 unspecified atom stereocenters. The molecule has 2 rings (SSSR count). The summed E-state index contributed by atoms with van der Waals surface area (Å²) >= 11 is 0. The first-order valence-electron chi connectivity index (χ1n) is 11.7. The van der Waals surface area contributed by atoms with Crippen molar-refractivity contribution in [2.75, 3.05) is 32.6 Å². The van der Waals surface area contributed by atoms with Gasteiger partial charge in [-0.25, -0.2) is 0 Å². The zero-order chi connectivity index (χ0) is 25.3. The number of benzene rings is 2. The lowest BCUT2D eigenvalue weighted by Crippen LogP contribution is -2.19. The Kier molecular flexibility index (Phi) is 10.2. The van der Waals surface area contributed by atoms with E-state index in [0.29, 0.717) is 26.4 Å². The fourth-order valence-electron chi connectivity index (χ4n) is 3.68. The highest BCUT2D eigenvalue weighted by Gasteiger charge is 2.45. The largest absolute Gasteiger partial charge is 0.493 e. The van der Waals surface area contributed by atoms with Crippen LogP contribution in [0.2, 0.25) is 0 Å². The van der Waals surface area contributed by atoms with Crippen LogP contribution in [0.15, 0.2) is 36.4 Å². The van der Waals surface area contributed by atoms with E-state index in [4.69, 9.17) is 18.9 Å². The topological polar surface area (TPSA) is 88.1 Å². The minimum Gasteiger partial charge on any atom is -0.493 e. The van der Waals surface area contributed by atoms with Gasteiger partial charge < -0.3 is 23.5 Å². The molecule has 8 heteroatoms. The maximum atomic E-state index is 14.5. The second-order valence-electron chi connectivity index (χ2n) is 7.92. The van der Waals surface area contributed by atoms with Gasteiger partial charge in [-0.1, -0.05) is 26.0 Å². The van der Waals surface area contributed by atoms with Crippen molar-refractivity contribution in [1.29, 1.82) is 0 Å². The van der Waals surface area contributed by atoms with Gasteiger partial charge in [-0.3, -0.25) is 9.59 Å². The summed E-state index contributed by atoms with van der Waals surface area (Å²) in [5, 5.41) is 0. The molecule has 34 heavy (non-hydrogen) atoms. The predicted octanol–water partition coefficient (Wildman–Crippen LogP) is 6.28. The minimum atomic E-state index is -4.20. The molecular formula is C26H35O7P. The lowest BCUT2D eigenvalue weighted by atomic mass is 10.2. The highest BCUT2D eigenvalue weighted by molar-refractivity contribution is 7.95. The molecule has 7 nitrogen and oxygen atoms in total. The van der Waals surface area contributed by atoms with Gasteiger partial charge in [-0.2, -0.15) is 0 Å². The zero-order valence-corrected chi connectivity index (χ0v) is 21.8. The van der Waals surface area contributed by atoms with Gasteiger partial charge in [-0.05, 0) is 57.9 Å². The van der Waals surface area contributed by atoms with Gasteiger partial charge in [0.1, 0.15) is 34.1 Å². The first-order valence-corrected chi connectivity index (χ1v) is 13.6. The van der Waals surface area contributed by atoms with E-state index in [9.17, 15) is 14.2 Å². The molecule has 0 aliphatic carbocycles. The van der Waals surface area contributed by atoms with Gasteiger partial charge in [0, 0.05) is 6.16 Å². The standard InChI is InChI=1S/C26H35O7P/c1-7-30-19-13-11-14-20(31-8-2)23(19)25(27)34(29,17-18(5)6)26(28)24-21(32-9-3)15-12-16-22(24)33-10-4/h11-16,18H,7-10,17H2,1-6H3. The van der Waals surface area contributed by atoms with Crippen molar-refractivity contribution in [1.82, 2.24) is 0 Å². The summed E-state index contributed by atoms with van der Waals surface area (Å²) in [6.45, 7) is 12.0.